The molecule has 194 valence electrons. The van der Waals surface area contributed by atoms with E-state index in [1.807, 2.05) is 0 Å². The molecule has 2 heterocycles. The Morgan fingerprint density at radius 3 is 2.56 bits per heavy atom. The molecule has 36 heavy (non-hydrogen) atoms. The number of aliphatic carboxylic acids is 1. The summed E-state index contributed by atoms with van der Waals surface area (Å²) in [5.41, 5.74) is -0.0620. The van der Waals surface area contributed by atoms with E-state index in [1.54, 1.807) is 39.8 Å². The maximum absolute atomic E-state index is 13.3. The van der Waals surface area contributed by atoms with Gasteiger partial charge in [-0.2, -0.15) is 0 Å². The molecule has 1 aromatic carbocycles. The van der Waals surface area contributed by atoms with E-state index in [0.29, 0.717) is 11.3 Å². The number of alkyl carbamates (subject to hydrolysis) is 1. The highest BCUT2D eigenvalue weighted by atomic mass is 32.2. The number of phenols is 1. The molecular formula is C24H29N3O8S. The number of ether oxygens (including phenoxy) is 1. The molecule has 3 atom stereocenters. The number of thioether (sulfide) groups is 1. The number of β-lactam (4-membered cyclic amide) rings is 1. The number of carbonyl (C=O) groups is 4. The number of rotatable bonds is 7. The lowest BCUT2D eigenvalue weighted by atomic mass is 10.00. The van der Waals surface area contributed by atoms with Gasteiger partial charge < -0.3 is 30.7 Å². The van der Waals surface area contributed by atoms with Crippen LogP contribution in [0.5, 0.6) is 5.75 Å². The first kappa shape index (κ1) is 27.1. The predicted molar refractivity (Wildman–Crippen MR) is 131 cm³/mol. The molecule has 12 heteroatoms. The largest absolute Gasteiger partial charge is 0.508 e. The Hall–Kier alpha value is -3.51. The van der Waals surface area contributed by atoms with Gasteiger partial charge in [0.25, 0.3) is 5.91 Å². The number of allylic oxidation sites excluding steroid dienone is 2. The minimum atomic E-state index is -1.35. The van der Waals surface area contributed by atoms with Crippen molar-refractivity contribution in [3.8, 4) is 5.75 Å². The zero-order valence-corrected chi connectivity index (χ0v) is 21.1. The van der Waals surface area contributed by atoms with Crippen LogP contribution in [-0.4, -0.2) is 66.9 Å². The molecule has 3 rings (SSSR count). The number of benzene rings is 1. The fraction of sp³-hybridized carbons (Fsp3) is 0.417. The van der Waals surface area contributed by atoms with Gasteiger partial charge >= 0.3 is 12.1 Å². The van der Waals surface area contributed by atoms with Gasteiger partial charge in [-0.1, -0.05) is 24.3 Å². The van der Waals surface area contributed by atoms with E-state index >= 15 is 0 Å². The Balaban J connectivity index is 1.85. The molecule has 0 saturated carbocycles. The van der Waals surface area contributed by atoms with Crippen molar-refractivity contribution in [1.82, 2.24) is 15.5 Å². The first-order valence-corrected chi connectivity index (χ1v) is 12.2. The highest BCUT2D eigenvalue weighted by molar-refractivity contribution is 8.00. The minimum Gasteiger partial charge on any atom is -0.508 e. The van der Waals surface area contributed by atoms with Gasteiger partial charge in [0.2, 0.25) is 5.91 Å². The van der Waals surface area contributed by atoms with Gasteiger partial charge in [0, 0.05) is 11.3 Å². The van der Waals surface area contributed by atoms with E-state index in [2.05, 4.69) is 10.6 Å². The van der Waals surface area contributed by atoms with Crippen molar-refractivity contribution >= 4 is 35.6 Å². The van der Waals surface area contributed by atoms with E-state index in [4.69, 9.17) is 4.74 Å². The molecule has 1 saturated heterocycles. The second kappa shape index (κ2) is 10.6. The lowest BCUT2D eigenvalue weighted by Gasteiger charge is -2.49. The molecule has 1 fully saturated rings. The maximum atomic E-state index is 13.3. The number of amides is 3. The Morgan fingerprint density at radius 2 is 2.00 bits per heavy atom. The Kier molecular flexibility index (Phi) is 7.99. The van der Waals surface area contributed by atoms with Crippen LogP contribution < -0.4 is 10.6 Å². The summed E-state index contributed by atoms with van der Waals surface area (Å²) in [5, 5.41) is 33.6. The second-order valence-corrected chi connectivity index (χ2v) is 10.3. The number of hydrogen-bond donors (Lipinski definition) is 5. The van der Waals surface area contributed by atoms with Gasteiger partial charge in [-0.15, -0.1) is 11.8 Å². The number of aliphatic hydroxyl groups is 1. The Morgan fingerprint density at radius 1 is 1.31 bits per heavy atom. The fourth-order valence-corrected chi connectivity index (χ4v) is 5.15. The van der Waals surface area contributed by atoms with Crippen LogP contribution in [-0.2, 0) is 25.7 Å². The average molecular weight is 520 g/mol. The van der Waals surface area contributed by atoms with E-state index < -0.39 is 53.5 Å². The molecule has 5 N–H and O–H groups in total. The minimum absolute atomic E-state index is 0.125. The van der Waals surface area contributed by atoms with Crippen LogP contribution in [0, 0.1) is 0 Å². The number of nitrogens with one attached hydrogen (secondary N) is 2. The topological polar surface area (TPSA) is 166 Å². The van der Waals surface area contributed by atoms with E-state index in [0.717, 1.165) is 4.90 Å². The summed E-state index contributed by atoms with van der Waals surface area (Å²) in [6.07, 6.45) is 2.43. The number of nitrogens with zero attached hydrogens (tertiary/aromatic N) is 1. The van der Waals surface area contributed by atoms with Crippen LogP contribution in [0.25, 0.3) is 0 Å². The number of fused-ring (bicyclic) bond motifs is 1. The van der Waals surface area contributed by atoms with Gasteiger partial charge in [-0.05, 0) is 44.9 Å². The standard InChI is InChI=1S/C24H29N3O8S/c1-5-6-14-11-36-21-17(20(31)27(21)18(14)22(32)33)25-19(30)16(26-23(34)35-24(2,3)4)12-7-8-13(10-28)15(29)9-12/h5-9,16-17,21,28-29H,10-11H2,1-4H3,(H,25,30)(H,26,34)(H,32,33)/t16-,17?,21+/m1/s1. The smallest absolute Gasteiger partial charge is 0.408 e. The molecule has 1 unspecified atom stereocenters. The van der Waals surface area contributed by atoms with Gasteiger partial charge in [0.1, 0.15) is 34.5 Å². The summed E-state index contributed by atoms with van der Waals surface area (Å²) < 4.78 is 5.25. The fourth-order valence-electron chi connectivity index (χ4n) is 3.83. The third-order valence-electron chi connectivity index (χ3n) is 5.40. The third-order valence-corrected chi connectivity index (χ3v) is 6.70. The van der Waals surface area contributed by atoms with Crippen LogP contribution in [0.15, 0.2) is 41.6 Å². The van der Waals surface area contributed by atoms with Gasteiger partial charge in [0.15, 0.2) is 0 Å². The molecule has 0 spiro atoms. The molecular weight excluding hydrogens is 490 g/mol. The highest BCUT2D eigenvalue weighted by Gasteiger charge is 2.54. The second-order valence-electron chi connectivity index (χ2n) is 9.20. The number of carboxylic acid groups (broad SMARTS) is 1. The van der Waals surface area contributed by atoms with Crippen molar-refractivity contribution in [3.05, 3.63) is 52.7 Å². The molecule has 2 aliphatic rings. The lowest BCUT2D eigenvalue weighted by Crippen LogP contribution is -2.71. The van der Waals surface area contributed by atoms with Crippen molar-refractivity contribution in [1.29, 1.82) is 0 Å². The maximum Gasteiger partial charge on any atom is 0.408 e. The van der Waals surface area contributed by atoms with Crippen LogP contribution in [0.1, 0.15) is 44.9 Å². The zero-order valence-electron chi connectivity index (χ0n) is 20.3. The third kappa shape index (κ3) is 5.65. The van der Waals surface area contributed by atoms with Crippen LogP contribution in [0.4, 0.5) is 4.79 Å². The van der Waals surface area contributed by atoms with Crippen molar-refractivity contribution in [2.45, 2.75) is 57.4 Å². The summed E-state index contributed by atoms with van der Waals surface area (Å²) in [5.74, 6) is -2.52. The molecule has 0 aliphatic carbocycles. The summed E-state index contributed by atoms with van der Waals surface area (Å²) in [4.78, 5) is 51.6. The average Bonchev–Trinajstić information content (AvgIpc) is 2.79. The molecule has 3 amide bonds. The van der Waals surface area contributed by atoms with Gasteiger partial charge in [-0.25, -0.2) is 9.59 Å². The SMILES string of the molecule is CC=CC1=C(C(=O)O)N2C(=O)C(NC(=O)[C@H](NC(=O)OC(C)(C)C)c3ccc(CO)c(O)c3)[C@@H]2SC1. The van der Waals surface area contributed by atoms with Crippen molar-refractivity contribution in [2.75, 3.05) is 5.75 Å². The predicted octanol–water partition coefficient (Wildman–Crippen LogP) is 1.76. The first-order chi connectivity index (χ1) is 16.9. The number of hydrogen-bond acceptors (Lipinski definition) is 8. The van der Waals surface area contributed by atoms with Crippen molar-refractivity contribution < 1.29 is 39.2 Å². The van der Waals surface area contributed by atoms with Gasteiger partial charge in [-0.3, -0.25) is 14.5 Å². The summed E-state index contributed by atoms with van der Waals surface area (Å²) in [6.45, 7) is 6.28. The molecule has 2 aliphatic heterocycles. The monoisotopic (exact) mass is 519 g/mol. The molecule has 11 nitrogen and oxygen atoms in total. The van der Waals surface area contributed by atoms with Crippen molar-refractivity contribution in [3.63, 3.8) is 0 Å². The quantitative estimate of drug-likeness (QED) is 0.338. The normalized spacial score (nSPS) is 20.5. The summed E-state index contributed by atoms with van der Waals surface area (Å²) >= 11 is 1.31. The zero-order chi connectivity index (χ0) is 26.8. The summed E-state index contributed by atoms with van der Waals surface area (Å²) in [7, 11) is 0. The number of carboxylic acids is 1. The van der Waals surface area contributed by atoms with Crippen LogP contribution in [0.3, 0.4) is 0 Å². The van der Waals surface area contributed by atoms with Crippen LogP contribution in [0.2, 0.25) is 0 Å². The number of aliphatic hydroxyl groups excluding tert-OH is 1. The number of carbonyl (C=O) groups excluding carboxylic acids is 3. The molecule has 0 bridgehead atoms. The van der Waals surface area contributed by atoms with E-state index in [-0.39, 0.29) is 22.6 Å². The van der Waals surface area contributed by atoms with Gasteiger partial charge in [0.05, 0.1) is 6.61 Å². The van der Waals surface area contributed by atoms with E-state index in [1.165, 1.54) is 30.0 Å². The molecule has 0 radical (unpaired) electrons. The van der Waals surface area contributed by atoms with Crippen molar-refractivity contribution in [2.24, 2.45) is 0 Å². The Labute approximate surface area is 212 Å². The molecule has 0 aromatic heterocycles. The summed E-state index contributed by atoms with van der Waals surface area (Å²) in [6, 6.07) is 1.72. The number of aromatic hydroxyl groups is 1. The highest BCUT2D eigenvalue weighted by Crippen LogP contribution is 2.41. The molecule has 1 aromatic rings. The Bertz CT molecular complexity index is 1140. The lowest BCUT2D eigenvalue weighted by molar-refractivity contribution is -0.150. The van der Waals surface area contributed by atoms with E-state index in [9.17, 15) is 34.5 Å². The first-order valence-electron chi connectivity index (χ1n) is 11.1. The van der Waals surface area contributed by atoms with Crippen LogP contribution >= 0.6 is 11.8 Å².